The van der Waals surface area contributed by atoms with Crippen molar-refractivity contribution < 1.29 is 64.7 Å². The number of carbonyl (C=O) groups is 11. The number of aromatic hydroxyl groups is 1. The Morgan fingerprint density at radius 2 is 1.33 bits per heavy atom. The van der Waals surface area contributed by atoms with Gasteiger partial charge in [0.15, 0.2) is 5.96 Å². The lowest BCUT2D eigenvalue weighted by Gasteiger charge is -2.31. The number of likely N-dealkylation sites (tertiary alicyclic amines) is 1. The highest BCUT2D eigenvalue weighted by Crippen LogP contribution is 2.26. The quantitative estimate of drug-likeness (QED) is 0.0270. The molecule has 2 aromatic carbocycles. The second-order valence-electron chi connectivity index (χ2n) is 17.2. The van der Waals surface area contributed by atoms with Crippen LogP contribution in [0.5, 0.6) is 5.75 Å². The van der Waals surface area contributed by atoms with Crippen LogP contribution in [0.1, 0.15) is 62.9 Å². The van der Waals surface area contributed by atoms with E-state index in [2.05, 4.69) is 42.2 Å². The summed E-state index contributed by atoms with van der Waals surface area (Å²) in [5, 5.41) is 27.0. The lowest BCUT2D eigenvalue weighted by atomic mass is 10.0. The Bertz CT molecular complexity index is 2680. The zero-order valence-electron chi connectivity index (χ0n) is 45.4. The van der Waals surface area contributed by atoms with Gasteiger partial charge in [-0.3, -0.25) is 57.7 Å². The fourth-order valence-corrected chi connectivity index (χ4v) is 9.81. The first-order valence-electron chi connectivity index (χ1n) is 25.8. The lowest BCUT2D eigenvalue weighted by Crippen LogP contribution is -2.61. The van der Waals surface area contributed by atoms with Crippen LogP contribution in [0.4, 0.5) is 0 Å². The minimum Gasteiger partial charge on any atom is -0.508 e. The summed E-state index contributed by atoms with van der Waals surface area (Å²) in [6.45, 7) is -0.548. The fourth-order valence-electron chi connectivity index (χ4n) is 7.53. The normalized spacial score (nSPS) is 23.5. The van der Waals surface area contributed by atoms with Crippen LogP contribution in [-0.2, 0) is 65.6 Å². The molecule has 0 spiro atoms. The van der Waals surface area contributed by atoms with Gasteiger partial charge in [0.05, 0.1) is 25.9 Å². The highest BCUT2D eigenvalue weighted by atomic mass is 33.1. The third kappa shape index (κ3) is 20.3. The molecule has 27 nitrogen and oxygen atoms in total. The number of aliphatic imine (C=N–C) groups is 1. The number of rotatable bonds is 19. The van der Waals surface area contributed by atoms with E-state index in [1.54, 1.807) is 0 Å². The van der Waals surface area contributed by atoms with Crippen molar-refractivity contribution in [3.05, 3.63) is 65.6 Å². The molecular formula is C46H65N15O12S2. The van der Waals surface area contributed by atoms with Gasteiger partial charge < -0.3 is 81.6 Å². The second kappa shape index (κ2) is 29.9. The maximum absolute atomic E-state index is 14.6. The van der Waals surface area contributed by atoms with Crippen molar-refractivity contribution in [2.24, 2.45) is 39.4 Å². The van der Waals surface area contributed by atoms with Crippen LogP contribution < -0.4 is 71.6 Å². The first-order valence-corrected chi connectivity index (χ1v) is 25.8. The van der Waals surface area contributed by atoms with Crippen LogP contribution in [0.3, 0.4) is 0 Å². The molecule has 11 amide bonds. The molecule has 408 valence electrons. The molecule has 4 rings (SSSR count). The number of phenols is 1. The second-order valence-corrected chi connectivity index (χ2v) is 19.8. The van der Waals surface area contributed by atoms with Crippen molar-refractivity contribution in [3.8, 4) is 5.75 Å². The van der Waals surface area contributed by atoms with E-state index in [9.17, 15) is 57.8 Å². The Morgan fingerprint density at radius 1 is 0.747 bits per heavy atom. The van der Waals surface area contributed by atoms with Gasteiger partial charge in [0.25, 0.3) is 0 Å². The topological polar surface area (TPSA) is 464 Å². The van der Waals surface area contributed by atoms with Crippen LogP contribution >= 0.6 is 21.6 Å². The van der Waals surface area contributed by atoms with Gasteiger partial charge in [-0.15, -0.1) is 0 Å². The van der Waals surface area contributed by atoms with Gasteiger partial charge >= 0.3 is 0 Å². The molecule has 0 bridgehead atoms. The molecule has 2 aromatic rings. The smallest absolute Gasteiger partial charge is 0.246 e. The molecule has 0 aromatic heterocycles. The standard InChI is InChI=1S/C46H65N15O12S2/c47-27-22-74-75-23-33(45(73)61-17-5-9-34(61)44(72)56-28(8-4-16-53-46(51)52)39(67)54-21-37(50)65)60-43(71)32(20-36(49)64)59-40(68)29(14-15-35(48)63)55-41(69)31(18-24-6-2-1-3-7-24)58-42(70)30(57-38(27)66)19-25-10-12-26(62)13-11-25/h1-3,6-7,10-13,27-34,62H,4-5,8-9,14-23,47H2,(H2,48,63)(H2,49,64)(H2,50,65)(H,54,67)(H,55,69)(H,56,72)(H,57,66)(H,58,70)(H,59,68)(H,60,71)(H4,51,52,53)/t27-,28-,29-,30-,31-,32-,33-,34-/m0/s1/i1D,2D,3D,6D,7D. The van der Waals surface area contributed by atoms with Crippen LogP contribution in [-0.4, -0.2) is 160 Å². The van der Waals surface area contributed by atoms with E-state index < -0.39 is 181 Å². The number of nitrogens with one attached hydrogen (secondary N) is 7. The highest BCUT2D eigenvalue weighted by molar-refractivity contribution is 8.76. The van der Waals surface area contributed by atoms with E-state index in [0.717, 1.165) is 26.5 Å². The van der Waals surface area contributed by atoms with Crippen LogP contribution in [0.15, 0.2) is 59.5 Å². The molecule has 29 heteroatoms. The number of primary amides is 3. The number of benzene rings is 2. The molecule has 2 heterocycles. The van der Waals surface area contributed by atoms with Gasteiger partial charge in [-0.1, -0.05) is 63.9 Å². The molecule has 0 saturated carbocycles. The SMILES string of the molecule is [2H]c1c([2H])c([2H])c(C[C@@H]2NC(=O)[C@H](Cc3ccc(O)cc3)NC(=O)[C@@H](N)CSSC[C@@H](C(=O)N3CCC[C@H]3C(=O)N[C@@H](CCCN=C(N)N)C(=O)NCC(N)=O)NC(=O)[C@H](CC(N)=O)NC(=O)[C@H](CCC(N)=O)NC2=O)c([2H])c1[2H]. The van der Waals surface area contributed by atoms with Crippen molar-refractivity contribution in [2.75, 3.05) is 31.1 Å². The Hall–Kier alpha value is -7.66. The van der Waals surface area contributed by atoms with Crippen LogP contribution in [0, 0.1) is 0 Å². The van der Waals surface area contributed by atoms with E-state index in [0.29, 0.717) is 5.56 Å². The van der Waals surface area contributed by atoms with Crippen molar-refractivity contribution >= 4 is 92.5 Å². The first-order chi connectivity index (χ1) is 37.7. The van der Waals surface area contributed by atoms with E-state index in [4.69, 9.17) is 41.3 Å². The molecule has 2 fully saturated rings. The summed E-state index contributed by atoms with van der Waals surface area (Å²) in [4.78, 5) is 154. The minimum atomic E-state index is -1.94. The molecule has 0 radical (unpaired) electrons. The third-order valence-corrected chi connectivity index (χ3v) is 13.8. The average molecular weight is 1090 g/mol. The van der Waals surface area contributed by atoms with Crippen molar-refractivity contribution in [2.45, 2.75) is 106 Å². The predicted molar refractivity (Wildman–Crippen MR) is 276 cm³/mol. The van der Waals surface area contributed by atoms with E-state index in [1.807, 2.05) is 0 Å². The van der Waals surface area contributed by atoms with Crippen molar-refractivity contribution in [3.63, 3.8) is 0 Å². The number of nitrogens with two attached hydrogens (primary N) is 6. The zero-order valence-corrected chi connectivity index (χ0v) is 42.1. The maximum atomic E-state index is 14.6. The summed E-state index contributed by atoms with van der Waals surface area (Å²) < 4.78 is 41.6. The molecule has 75 heavy (non-hydrogen) atoms. The van der Waals surface area contributed by atoms with Crippen molar-refractivity contribution in [1.82, 2.24) is 42.1 Å². The molecule has 8 atom stereocenters. The summed E-state index contributed by atoms with van der Waals surface area (Å²) in [5.41, 5.74) is 33.2. The molecule has 20 N–H and O–H groups in total. The predicted octanol–water partition coefficient (Wildman–Crippen LogP) is -5.40. The molecular weight excluding hydrogens is 1020 g/mol. The summed E-state index contributed by atoms with van der Waals surface area (Å²) in [6.07, 6.45) is -2.78. The van der Waals surface area contributed by atoms with Gasteiger partial charge in [-0.2, -0.15) is 0 Å². The van der Waals surface area contributed by atoms with E-state index >= 15 is 0 Å². The molecule has 2 aliphatic heterocycles. The monoisotopic (exact) mass is 1090 g/mol. The number of carbonyl (C=O) groups excluding carboxylic acids is 11. The summed E-state index contributed by atoms with van der Waals surface area (Å²) >= 11 is 0. The molecule has 0 aliphatic carbocycles. The zero-order chi connectivity index (χ0) is 59.5. The average Bonchev–Trinajstić information content (AvgIpc) is 3.90. The lowest BCUT2D eigenvalue weighted by molar-refractivity contribution is -0.142. The van der Waals surface area contributed by atoms with Crippen LogP contribution in [0.25, 0.3) is 0 Å². The summed E-state index contributed by atoms with van der Waals surface area (Å²) in [5.74, 6) is -12.1. The first kappa shape index (κ1) is 52.2. The third-order valence-electron chi connectivity index (χ3n) is 11.3. The largest absolute Gasteiger partial charge is 0.508 e. The number of phenolic OH excluding ortho intramolecular Hbond substituents is 1. The van der Waals surface area contributed by atoms with Gasteiger partial charge in [-0.25, -0.2) is 0 Å². The number of hydrogen-bond donors (Lipinski definition) is 14. The number of nitrogens with zero attached hydrogens (tertiary/aromatic N) is 2. The number of amides is 11. The molecule has 2 saturated heterocycles. The Labute approximate surface area is 446 Å². The fraction of sp³-hybridized carbons (Fsp3) is 0.478. The van der Waals surface area contributed by atoms with E-state index in [-0.39, 0.29) is 68.4 Å². The summed E-state index contributed by atoms with van der Waals surface area (Å²) in [7, 11) is 1.86. The van der Waals surface area contributed by atoms with Gasteiger partial charge in [0, 0.05) is 43.9 Å². The minimum absolute atomic E-state index is 0.0320. The number of hydrogen-bond acceptors (Lipinski definition) is 16. The highest BCUT2D eigenvalue weighted by Gasteiger charge is 2.40. The molecule has 2 aliphatic rings. The van der Waals surface area contributed by atoms with Gasteiger partial charge in [-0.05, 0) is 55.4 Å². The molecule has 0 unspecified atom stereocenters. The Kier molecular flexibility index (Phi) is 20.8. The van der Waals surface area contributed by atoms with E-state index in [1.165, 1.54) is 24.3 Å². The van der Waals surface area contributed by atoms with Crippen LogP contribution in [0.2, 0.25) is 0 Å². The number of guanidine groups is 1. The van der Waals surface area contributed by atoms with Gasteiger partial charge in [0.1, 0.15) is 48.0 Å². The Morgan fingerprint density at radius 3 is 1.96 bits per heavy atom. The van der Waals surface area contributed by atoms with Crippen molar-refractivity contribution in [1.29, 1.82) is 0 Å². The maximum Gasteiger partial charge on any atom is 0.246 e. The Balaban J connectivity index is 1.77. The van der Waals surface area contributed by atoms with Gasteiger partial charge in [0.2, 0.25) is 65.0 Å². The summed E-state index contributed by atoms with van der Waals surface area (Å²) in [6, 6.07) is -11.2.